The first-order chi connectivity index (χ1) is 27.6. The molecule has 0 amide bonds. The van der Waals surface area contributed by atoms with Gasteiger partial charge in [-0.1, -0.05) is 99.1 Å². The van der Waals surface area contributed by atoms with Crippen LogP contribution in [0.15, 0.2) is 152 Å². The van der Waals surface area contributed by atoms with Gasteiger partial charge in [-0.05, 0) is 97.5 Å². The lowest BCUT2D eigenvalue weighted by Crippen LogP contribution is -2.12. The lowest BCUT2D eigenvalue weighted by Gasteiger charge is -2.20. The van der Waals surface area contributed by atoms with Crippen molar-refractivity contribution in [1.29, 1.82) is 0 Å². The standard InChI is InChI=1S/C51H43N5O/c1-32-27-33(2)47(34(3)28-32)41-24-26-54(53-41)37-17-14-18-38(30-37)57-45-31-44-48(50-49(45)40-20-11-12-21-42(40)55(50)36-15-8-7-9-16-36)39-19-10-13-22-43(39)56(44)46-29-35(23-25-52-46)51(4,5)6/h7-31H,1-6H3. The van der Waals surface area contributed by atoms with Crippen molar-refractivity contribution in [3.63, 3.8) is 0 Å². The second-order valence-corrected chi connectivity index (χ2v) is 16.2. The molecule has 4 aromatic heterocycles. The number of aryl methyl sites for hydroxylation is 3. The summed E-state index contributed by atoms with van der Waals surface area (Å²) >= 11 is 0. The third kappa shape index (κ3) is 5.71. The Morgan fingerprint density at radius 2 is 1.25 bits per heavy atom. The van der Waals surface area contributed by atoms with Crippen LogP contribution in [0.25, 0.3) is 72.1 Å². The van der Waals surface area contributed by atoms with E-state index in [0.29, 0.717) is 0 Å². The van der Waals surface area contributed by atoms with Gasteiger partial charge in [0.1, 0.15) is 17.3 Å². The maximum absolute atomic E-state index is 7.14. The topological polar surface area (TPSA) is 49.8 Å². The predicted molar refractivity (Wildman–Crippen MR) is 235 cm³/mol. The maximum atomic E-state index is 7.14. The third-order valence-electron chi connectivity index (χ3n) is 11.2. The quantitative estimate of drug-likeness (QED) is 0.170. The van der Waals surface area contributed by atoms with Crippen molar-refractivity contribution in [1.82, 2.24) is 23.9 Å². The van der Waals surface area contributed by atoms with E-state index in [1.54, 1.807) is 0 Å². The fourth-order valence-corrected chi connectivity index (χ4v) is 8.75. The normalized spacial score (nSPS) is 12.0. The van der Waals surface area contributed by atoms with E-state index in [1.165, 1.54) is 27.8 Å². The zero-order chi connectivity index (χ0) is 39.0. The number of ether oxygens (including phenoxy) is 1. The number of benzene rings is 6. The van der Waals surface area contributed by atoms with Crippen LogP contribution in [-0.4, -0.2) is 23.9 Å². The number of nitrogens with zero attached hydrogens (tertiary/aromatic N) is 5. The SMILES string of the molecule is Cc1cc(C)c(-c2ccn(-c3cccc(Oc4cc5c(c6ccccc6n5-c5cc(C(C)(C)C)ccn5)c5c4c4ccccc4n5-c4ccccc4)c3)n2)c(C)c1. The molecular weight excluding hydrogens is 699 g/mol. The molecule has 0 spiro atoms. The summed E-state index contributed by atoms with van der Waals surface area (Å²) in [7, 11) is 0. The van der Waals surface area contributed by atoms with Gasteiger partial charge in [-0.2, -0.15) is 5.10 Å². The van der Waals surface area contributed by atoms with Gasteiger partial charge in [0.05, 0.1) is 38.8 Å². The van der Waals surface area contributed by atoms with E-state index in [0.717, 1.165) is 78.0 Å². The molecule has 10 aromatic rings. The third-order valence-corrected chi connectivity index (χ3v) is 11.2. The Balaban J connectivity index is 1.23. The van der Waals surface area contributed by atoms with Crippen LogP contribution in [0.1, 0.15) is 43.0 Å². The summed E-state index contributed by atoms with van der Waals surface area (Å²) in [5, 5.41) is 9.54. The van der Waals surface area contributed by atoms with Gasteiger partial charge in [0, 0.05) is 51.9 Å². The molecule has 57 heavy (non-hydrogen) atoms. The molecule has 6 nitrogen and oxygen atoms in total. The van der Waals surface area contributed by atoms with E-state index >= 15 is 0 Å². The van der Waals surface area contributed by atoms with E-state index in [9.17, 15) is 0 Å². The molecule has 6 aromatic carbocycles. The summed E-state index contributed by atoms with van der Waals surface area (Å²) in [4.78, 5) is 5.00. The minimum atomic E-state index is -0.0458. The van der Waals surface area contributed by atoms with Gasteiger partial charge in [-0.15, -0.1) is 0 Å². The predicted octanol–water partition coefficient (Wildman–Crippen LogP) is 13.1. The van der Waals surface area contributed by atoms with E-state index in [-0.39, 0.29) is 5.41 Å². The largest absolute Gasteiger partial charge is 0.456 e. The van der Waals surface area contributed by atoms with Crippen LogP contribution in [0.4, 0.5) is 0 Å². The number of hydrogen-bond donors (Lipinski definition) is 0. The Morgan fingerprint density at radius 3 is 1.98 bits per heavy atom. The van der Waals surface area contributed by atoms with Crippen molar-refractivity contribution in [2.75, 3.05) is 0 Å². The van der Waals surface area contributed by atoms with Crippen LogP contribution < -0.4 is 4.74 Å². The van der Waals surface area contributed by atoms with Gasteiger partial charge in [0.2, 0.25) is 0 Å². The molecule has 0 N–H and O–H groups in total. The highest BCUT2D eigenvalue weighted by molar-refractivity contribution is 6.28. The smallest absolute Gasteiger partial charge is 0.139 e. The van der Waals surface area contributed by atoms with Crippen molar-refractivity contribution >= 4 is 43.6 Å². The van der Waals surface area contributed by atoms with E-state index in [1.807, 2.05) is 29.2 Å². The Bertz CT molecular complexity index is 3150. The molecule has 6 heteroatoms. The first-order valence-electron chi connectivity index (χ1n) is 19.6. The molecule has 0 aliphatic carbocycles. The molecule has 0 fully saturated rings. The number of rotatable bonds is 6. The monoisotopic (exact) mass is 741 g/mol. The minimum Gasteiger partial charge on any atom is -0.456 e. The van der Waals surface area contributed by atoms with Crippen molar-refractivity contribution in [2.45, 2.75) is 47.0 Å². The highest BCUT2D eigenvalue weighted by Crippen LogP contribution is 2.47. The molecule has 0 atom stereocenters. The van der Waals surface area contributed by atoms with Gasteiger partial charge in [-0.25, -0.2) is 9.67 Å². The molecule has 0 radical (unpaired) electrons. The molecule has 0 aliphatic rings. The van der Waals surface area contributed by atoms with Gasteiger partial charge < -0.3 is 9.30 Å². The highest BCUT2D eigenvalue weighted by Gasteiger charge is 2.25. The number of fused-ring (bicyclic) bond motifs is 7. The van der Waals surface area contributed by atoms with Gasteiger partial charge in [0.25, 0.3) is 0 Å². The average molecular weight is 742 g/mol. The maximum Gasteiger partial charge on any atom is 0.139 e. The summed E-state index contributed by atoms with van der Waals surface area (Å²) in [5.41, 5.74) is 13.3. The summed E-state index contributed by atoms with van der Waals surface area (Å²) in [5.74, 6) is 2.36. The van der Waals surface area contributed by atoms with E-state index in [4.69, 9.17) is 14.8 Å². The van der Waals surface area contributed by atoms with Gasteiger partial charge in [0.15, 0.2) is 0 Å². The van der Waals surface area contributed by atoms with Crippen LogP contribution in [0.5, 0.6) is 11.5 Å². The van der Waals surface area contributed by atoms with Crippen LogP contribution in [-0.2, 0) is 5.41 Å². The molecule has 0 aliphatic heterocycles. The van der Waals surface area contributed by atoms with Crippen LogP contribution in [0.3, 0.4) is 0 Å². The molecule has 4 heterocycles. The fraction of sp³-hybridized carbons (Fsp3) is 0.137. The zero-order valence-electron chi connectivity index (χ0n) is 33.1. The zero-order valence-corrected chi connectivity index (χ0v) is 33.1. The van der Waals surface area contributed by atoms with Crippen molar-refractivity contribution in [3.8, 4) is 39.9 Å². The number of aromatic nitrogens is 5. The molecule has 0 saturated carbocycles. The summed E-state index contributed by atoms with van der Waals surface area (Å²) in [6, 6.07) is 49.3. The number of para-hydroxylation sites is 3. The first-order valence-corrected chi connectivity index (χ1v) is 19.6. The van der Waals surface area contributed by atoms with Crippen LogP contribution >= 0.6 is 0 Å². The Kier molecular flexibility index (Phi) is 7.94. The van der Waals surface area contributed by atoms with Crippen LogP contribution in [0, 0.1) is 20.8 Å². The number of pyridine rings is 1. The Hall–Kier alpha value is -6.92. The van der Waals surface area contributed by atoms with Crippen molar-refractivity contribution in [3.05, 3.63) is 174 Å². The van der Waals surface area contributed by atoms with E-state index in [2.05, 4.69) is 178 Å². The molecule has 278 valence electrons. The minimum absolute atomic E-state index is 0.0458. The molecule has 0 saturated heterocycles. The lowest BCUT2D eigenvalue weighted by atomic mass is 9.88. The second kappa shape index (κ2) is 13.1. The lowest BCUT2D eigenvalue weighted by molar-refractivity contribution is 0.488. The number of hydrogen-bond acceptors (Lipinski definition) is 3. The van der Waals surface area contributed by atoms with E-state index < -0.39 is 0 Å². The average Bonchev–Trinajstić information content (AvgIpc) is 3.91. The molecule has 0 bridgehead atoms. The van der Waals surface area contributed by atoms with Crippen molar-refractivity contribution < 1.29 is 4.74 Å². The summed E-state index contributed by atoms with van der Waals surface area (Å²) in [6.45, 7) is 13.2. The van der Waals surface area contributed by atoms with Crippen molar-refractivity contribution in [2.24, 2.45) is 0 Å². The fourth-order valence-electron chi connectivity index (χ4n) is 8.75. The highest BCUT2D eigenvalue weighted by atomic mass is 16.5. The van der Waals surface area contributed by atoms with Gasteiger partial charge in [-0.3, -0.25) is 4.57 Å². The van der Waals surface area contributed by atoms with Gasteiger partial charge >= 0.3 is 0 Å². The molecule has 10 rings (SSSR count). The Morgan fingerprint density at radius 1 is 0.579 bits per heavy atom. The molecule has 0 unspecified atom stereocenters. The van der Waals surface area contributed by atoms with Crippen LogP contribution in [0.2, 0.25) is 0 Å². The Labute approximate surface area is 332 Å². The second-order valence-electron chi connectivity index (χ2n) is 16.2. The first kappa shape index (κ1) is 34.6. The summed E-state index contributed by atoms with van der Waals surface area (Å²) < 4.78 is 13.8. The summed E-state index contributed by atoms with van der Waals surface area (Å²) in [6.07, 6.45) is 3.96. The molecular formula is C51H43N5O.